The smallest absolute Gasteiger partial charge is 0.405 e. The Hall–Kier alpha value is -2.84. The summed E-state index contributed by atoms with van der Waals surface area (Å²) in [5.41, 5.74) is 0.888. The first kappa shape index (κ1) is 16.5. The predicted molar refractivity (Wildman–Crippen MR) is 72.9 cm³/mol. The fraction of sp³-hybridized carbons (Fsp3) is 0.214. The van der Waals surface area contributed by atoms with Gasteiger partial charge in [-0.2, -0.15) is 18.3 Å². The van der Waals surface area contributed by atoms with Crippen LogP contribution in [0.4, 0.5) is 13.2 Å². The van der Waals surface area contributed by atoms with Crippen molar-refractivity contribution in [2.45, 2.75) is 6.18 Å². The van der Waals surface area contributed by atoms with Gasteiger partial charge in [0.1, 0.15) is 6.54 Å². The van der Waals surface area contributed by atoms with Gasteiger partial charge in [0.2, 0.25) is 0 Å². The zero-order valence-corrected chi connectivity index (χ0v) is 11.7. The lowest BCUT2D eigenvalue weighted by atomic mass is 10.2. The number of carbonyl (C=O) groups excluding carboxylic acids is 2. The maximum Gasteiger partial charge on any atom is 0.405 e. The highest BCUT2D eigenvalue weighted by Gasteiger charge is 2.27. The topological polar surface area (TPSA) is 73.2 Å². The van der Waals surface area contributed by atoms with E-state index in [1.54, 1.807) is 40.6 Å². The van der Waals surface area contributed by atoms with Crippen molar-refractivity contribution in [3.05, 3.63) is 48.3 Å². The number of nitrogens with one attached hydrogen (secondary N) is 1. The van der Waals surface area contributed by atoms with Crippen LogP contribution in [0.5, 0.6) is 0 Å². The Morgan fingerprint density at radius 2 is 1.91 bits per heavy atom. The van der Waals surface area contributed by atoms with Crippen LogP contribution in [0, 0.1) is 0 Å². The van der Waals surface area contributed by atoms with Crippen LogP contribution in [0.15, 0.2) is 42.7 Å². The van der Waals surface area contributed by atoms with Crippen LogP contribution < -0.4 is 5.32 Å². The first-order valence-corrected chi connectivity index (χ1v) is 6.46. The Kier molecular flexibility index (Phi) is 4.99. The molecule has 1 aromatic heterocycles. The minimum Gasteiger partial charge on any atom is -0.452 e. The highest BCUT2D eigenvalue weighted by molar-refractivity contribution is 5.91. The lowest BCUT2D eigenvalue weighted by Gasteiger charge is -2.09. The van der Waals surface area contributed by atoms with Crippen LogP contribution in [0.25, 0.3) is 5.69 Å². The van der Waals surface area contributed by atoms with Crippen molar-refractivity contribution in [1.82, 2.24) is 15.1 Å². The van der Waals surface area contributed by atoms with Gasteiger partial charge in [-0.3, -0.25) is 4.79 Å². The molecule has 0 bridgehead atoms. The molecule has 0 saturated carbocycles. The molecule has 0 aliphatic heterocycles. The molecule has 23 heavy (non-hydrogen) atoms. The van der Waals surface area contributed by atoms with E-state index in [-0.39, 0.29) is 5.56 Å². The molecular formula is C14H12F3N3O3. The van der Waals surface area contributed by atoms with Gasteiger partial charge in [-0.15, -0.1) is 0 Å². The van der Waals surface area contributed by atoms with Crippen molar-refractivity contribution in [3.8, 4) is 5.69 Å². The monoisotopic (exact) mass is 327 g/mol. The average molecular weight is 327 g/mol. The highest BCUT2D eigenvalue weighted by atomic mass is 19.4. The second kappa shape index (κ2) is 6.95. The van der Waals surface area contributed by atoms with Crippen molar-refractivity contribution < 1.29 is 27.5 Å². The van der Waals surface area contributed by atoms with Gasteiger partial charge in [0, 0.05) is 12.4 Å². The molecule has 9 heteroatoms. The molecule has 0 saturated heterocycles. The van der Waals surface area contributed by atoms with Gasteiger partial charge in [0.25, 0.3) is 5.91 Å². The molecule has 1 heterocycles. The van der Waals surface area contributed by atoms with Crippen molar-refractivity contribution in [1.29, 1.82) is 0 Å². The number of hydrogen-bond donors (Lipinski definition) is 1. The Morgan fingerprint density at radius 1 is 1.22 bits per heavy atom. The van der Waals surface area contributed by atoms with E-state index in [1.165, 1.54) is 12.1 Å². The molecule has 122 valence electrons. The van der Waals surface area contributed by atoms with Crippen molar-refractivity contribution in [3.63, 3.8) is 0 Å². The van der Waals surface area contributed by atoms with Gasteiger partial charge in [-0.25, -0.2) is 9.48 Å². The van der Waals surface area contributed by atoms with Gasteiger partial charge < -0.3 is 10.1 Å². The van der Waals surface area contributed by atoms with Crippen LogP contribution in [0.1, 0.15) is 10.4 Å². The van der Waals surface area contributed by atoms with Crippen LogP contribution in [-0.2, 0) is 9.53 Å². The lowest BCUT2D eigenvalue weighted by Crippen LogP contribution is -2.36. The summed E-state index contributed by atoms with van der Waals surface area (Å²) in [6.07, 6.45) is -1.19. The first-order valence-electron chi connectivity index (χ1n) is 6.46. The summed E-state index contributed by atoms with van der Waals surface area (Å²) in [7, 11) is 0. The molecule has 0 spiro atoms. The summed E-state index contributed by atoms with van der Waals surface area (Å²) in [5.74, 6) is -1.83. The van der Waals surface area contributed by atoms with E-state index in [0.29, 0.717) is 0 Å². The molecule has 2 aromatic rings. The largest absolute Gasteiger partial charge is 0.452 e. The minimum absolute atomic E-state index is 0.171. The van der Waals surface area contributed by atoms with Gasteiger partial charge in [-0.1, -0.05) is 0 Å². The summed E-state index contributed by atoms with van der Waals surface area (Å²) in [5, 5.41) is 5.62. The van der Waals surface area contributed by atoms with E-state index < -0.39 is 31.2 Å². The number of rotatable bonds is 5. The summed E-state index contributed by atoms with van der Waals surface area (Å²) in [6, 6.07) is 7.91. The SMILES string of the molecule is O=C(COC(=O)c1ccc(-n2cccn2)cc1)NCC(F)(F)F. The molecule has 0 radical (unpaired) electrons. The number of carbonyl (C=O) groups is 2. The quantitative estimate of drug-likeness (QED) is 0.849. The summed E-state index contributed by atoms with van der Waals surface area (Å²) in [4.78, 5) is 22.8. The fourth-order valence-electron chi connectivity index (χ4n) is 1.64. The Labute approximate surface area is 128 Å². The number of benzene rings is 1. The summed E-state index contributed by atoms with van der Waals surface area (Å²) >= 11 is 0. The third-order valence-corrected chi connectivity index (χ3v) is 2.69. The first-order chi connectivity index (χ1) is 10.8. The van der Waals surface area contributed by atoms with E-state index in [4.69, 9.17) is 0 Å². The third-order valence-electron chi connectivity index (χ3n) is 2.69. The predicted octanol–water partition coefficient (Wildman–Crippen LogP) is 1.71. The Morgan fingerprint density at radius 3 is 2.48 bits per heavy atom. The molecule has 0 atom stereocenters. The van der Waals surface area contributed by atoms with Crippen LogP contribution >= 0.6 is 0 Å². The summed E-state index contributed by atoms with van der Waals surface area (Å²) < 4.78 is 41.9. The number of hydrogen-bond acceptors (Lipinski definition) is 4. The fourth-order valence-corrected chi connectivity index (χ4v) is 1.64. The van der Waals surface area contributed by atoms with Gasteiger partial charge in [0.05, 0.1) is 11.3 Å². The molecule has 1 amide bonds. The maximum absolute atomic E-state index is 11.9. The van der Waals surface area contributed by atoms with Gasteiger partial charge in [0.15, 0.2) is 6.61 Å². The van der Waals surface area contributed by atoms with Crippen molar-refractivity contribution in [2.75, 3.05) is 13.2 Å². The molecule has 0 fully saturated rings. The molecule has 2 rings (SSSR count). The standard InChI is InChI=1S/C14H12F3N3O3/c15-14(16,17)9-18-12(21)8-23-13(22)10-2-4-11(5-3-10)20-7-1-6-19-20/h1-7H,8-9H2,(H,18,21). The molecule has 0 aliphatic carbocycles. The van der Waals surface area contributed by atoms with E-state index in [1.807, 2.05) is 0 Å². The Balaban J connectivity index is 1.85. The zero-order chi connectivity index (χ0) is 16.9. The summed E-state index contributed by atoms with van der Waals surface area (Å²) in [6.45, 7) is -2.25. The number of alkyl halides is 3. The molecular weight excluding hydrogens is 315 g/mol. The highest BCUT2D eigenvalue weighted by Crippen LogP contribution is 2.12. The van der Waals surface area contributed by atoms with Crippen LogP contribution in [0.2, 0.25) is 0 Å². The van der Waals surface area contributed by atoms with Crippen LogP contribution in [-0.4, -0.2) is 41.0 Å². The normalized spacial score (nSPS) is 11.1. The number of esters is 1. The van der Waals surface area contributed by atoms with Gasteiger partial charge in [-0.05, 0) is 30.3 Å². The number of aromatic nitrogens is 2. The van der Waals surface area contributed by atoms with Gasteiger partial charge >= 0.3 is 12.1 Å². The molecule has 0 unspecified atom stereocenters. The molecule has 0 aliphatic rings. The molecule has 6 nitrogen and oxygen atoms in total. The zero-order valence-electron chi connectivity index (χ0n) is 11.7. The minimum atomic E-state index is -4.51. The Bertz CT molecular complexity index is 667. The second-order valence-electron chi connectivity index (χ2n) is 4.47. The third kappa shape index (κ3) is 5.13. The maximum atomic E-state index is 11.9. The van der Waals surface area contributed by atoms with E-state index in [0.717, 1.165) is 5.69 Å². The average Bonchev–Trinajstić information content (AvgIpc) is 3.04. The number of halogens is 3. The number of nitrogens with zero attached hydrogens (tertiary/aromatic N) is 2. The number of amides is 1. The van der Waals surface area contributed by atoms with Crippen molar-refractivity contribution in [2.24, 2.45) is 0 Å². The number of ether oxygens (including phenoxy) is 1. The van der Waals surface area contributed by atoms with E-state index in [9.17, 15) is 22.8 Å². The van der Waals surface area contributed by atoms with E-state index in [2.05, 4.69) is 9.84 Å². The molecule has 1 N–H and O–H groups in total. The van der Waals surface area contributed by atoms with Crippen LogP contribution in [0.3, 0.4) is 0 Å². The lowest BCUT2D eigenvalue weighted by molar-refractivity contribution is -0.140. The van der Waals surface area contributed by atoms with E-state index >= 15 is 0 Å². The van der Waals surface area contributed by atoms with Crippen molar-refractivity contribution >= 4 is 11.9 Å². The second-order valence-corrected chi connectivity index (χ2v) is 4.47. The molecule has 1 aromatic carbocycles.